The number of hydrogen-bond donors (Lipinski definition) is 1. The van der Waals surface area contributed by atoms with Crippen LogP contribution in [0.25, 0.3) is 0 Å². The van der Waals surface area contributed by atoms with Crippen molar-refractivity contribution >= 4 is 15.9 Å². The average molecular weight is 350 g/mol. The summed E-state index contributed by atoms with van der Waals surface area (Å²) in [5.41, 5.74) is 3.63. The van der Waals surface area contributed by atoms with Crippen LogP contribution in [0.5, 0.6) is 0 Å². The molecule has 2 aromatic rings. The smallest absolute Gasteiger partial charge is 0.137 e. The van der Waals surface area contributed by atoms with Crippen molar-refractivity contribution in [3.63, 3.8) is 0 Å². The molecule has 1 unspecified atom stereocenters. The van der Waals surface area contributed by atoms with E-state index in [1.807, 2.05) is 25.2 Å². The molecular weight excluding hydrogens is 329 g/mol. The zero-order chi connectivity index (χ0) is 15.6. The second kappa shape index (κ2) is 6.29. The molecule has 0 saturated carbocycles. The van der Waals surface area contributed by atoms with E-state index in [0.717, 1.165) is 5.56 Å². The van der Waals surface area contributed by atoms with Crippen LogP contribution in [0.1, 0.15) is 43.5 Å². The number of halogens is 2. The molecule has 0 heterocycles. The topological polar surface area (TPSA) is 12.0 Å². The van der Waals surface area contributed by atoms with Crippen molar-refractivity contribution in [3.8, 4) is 0 Å². The van der Waals surface area contributed by atoms with Crippen molar-refractivity contribution in [2.24, 2.45) is 0 Å². The van der Waals surface area contributed by atoms with E-state index in [1.54, 1.807) is 0 Å². The van der Waals surface area contributed by atoms with Crippen molar-refractivity contribution in [2.45, 2.75) is 32.2 Å². The van der Waals surface area contributed by atoms with Crippen LogP contribution in [-0.4, -0.2) is 7.05 Å². The zero-order valence-electron chi connectivity index (χ0n) is 12.9. The summed E-state index contributed by atoms with van der Waals surface area (Å²) >= 11 is 3.27. The molecule has 0 bridgehead atoms. The van der Waals surface area contributed by atoms with E-state index in [2.05, 4.69) is 60.2 Å². The normalized spacial score (nSPS) is 13.2. The molecule has 2 aromatic carbocycles. The number of rotatable bonds is 3. The molecule has 2 rings (SSSR count). The number of nitrogens with one attached hydrogen (secondary N) is 1. The van der Waals surface area contributed by atoms with Crippen molar-refractivity contribution in [2.75, 3.05) is 7.05 Å². The Morgan fingerprint density at radius 1 is 1.10 bits per heavy atom. The Labute approximate surface area is 134 Å². The summed E-state index contributed by atoms with van der Waals surface area (Å²) in [6.07, 6.45) is 0. The van der Waals surface area contributed by atoms with Gasteiger partial charge in [-0.05, 0) is 57.2 Å². The Balaban J connectivity index is 2.54. The molecule has 1 atom stereocenters. The van der Waals surface area contributed by atoms with E-state index in [-0.39, 0.29) is 17.3 Å². The highest BCUT2D eigenvalue weighted by Crippen LogP contribution is 2.33. The molecule has 0 aliphatic rings. The van der Waals surface area contributed by atoms with Crippen LogP contribution in [0.4, 0.5) is 4.39 Å². The Kier molecular flexibility index (Phi) is 4.84. The van der Waals surface area contributed by atoms with Gasteiger partial charge >= 0.3 is 0 Å². The van der Waals surface area contributed by atoms with Gasteiger partial charge in [-0.25, -0.2) is 4.39 Å². The van der Waals surface area contributed by atoms with Gasteiger partial charge in [0.1, 0.15) is 5.82 Å². The third-order valence-corrected chi connectivity index (χ3v) is 4.25. The Morgan fingerprint density at radius 3 is 2.33 bits per heavy atom. The van der Waals surface area contributed by atoms with Crippen LogP contribution >= 0.6 is 15.9 Å². The maximum Gasteiger partial charge on any atom is 0.137 e. The molecule has 0 amide bonds. The van der Waals surface area contributed by atoms with Gasteiger partial charge in [-0.15, -0.1) is 0 Å². The molecule has 21 heavy (non-hydrogen) atoms. The highest BCUT2D eigenvalue weighted by atomic mass is 79.9. The summed E-state index contributed by atoms with van der Waals surface area (Å²) in [5, 5.41) is 3.35. The summed E-state index contributed by atoms with van der Waals surface area (Å²) in [5.74, 6) is -0.238. The highest BCUT2D eigenvalue weighted by molar-refractivity contribution is 9.10. The first kappa shape index (κ1) is 16.2. The van der Waals surface area contributed by atoms with Gasteiger partial charge < -0.3 is 5.32 Å². The zero-order valence-corrected chi connectivity index (χ0v) is 14.5. The first-order valence-electron chi connectivity index (χ1n) is 7.06. The van der Waals surface area contributed by atoms with Crippen molar-refractivity contribution in [1.82, 2.24) is 5.32 Å². The third-order valence-electron chi connectivity index (χ3n) is 3.65. The van der Waals surface area contributed by atoms with E-state index in [9.17, 15) is 4.39 Å². The Bertz CT molecular complexity index is 631. The fourth-order valence-corrected chi connectivity index (χ4v) is 3.02. The largest absolute Gasteiger partial charge is 0.309 e. The number of benzene rings is 2. The van der Waals surface area contributed by atoms with Gasteiger partial charge in [0.2, 0.25) is 0 Å². The molecule has 0 radical (unpaired) electrons. The van der Waals surface area contributed by atoms with Crippen molar-refractivity contribution < 1.29 is 4.39 Å². The van der Waals surface area contributed by atoms with Crippen LogP contribution < -0.4 is 5.32 Å². The summed E-state index contributed by atoms with van der Waals surface area (Å²) in [6.45, 7) is 6.62. The van der Waals surface area contributed by atoms with Gasteiger partial charge in [-0.1, -0.05) is 51.1 Å². The van der Waals surface area contributed by atoms with Crippen molar-refractivity contribution in [3.05, 3.63) is 69.4 Å². The molecule has 1 nitrogen and oxygen atoms in total. The molecule has 1 N–H and O–H groups in total. The van der Waals surface area contributed by atoms with Gasteiger partial charge in [0.05, 0.1) is 10.5 Å². The third kappa shape index (κ3) is 3.53. The van der Waals surface area contributed by atoms with E-state index >= 15 is 0 Å². The molecule has 3 heteroatoms. The van der Waals surface area contributed by atoms with Gasteiger partial charge in [0, 0.05) is 0 Å². The first-order chi connectivity index (χ1) is 9.84. The molecule has 0 aromatic heterocycles. The minimum Gasteiger partial charge on any atom is -0.309 e. The van der Waals surface area contributed by atoms with Gasteiger partial charge in [-0.3, -0.25) is 0 Å². The fraction of sp³-hybridized carbons (Fsp3) is 0.333. The Hall–Kier alpha value is -1.19. The monoisotopic (exact) mass is 349 g/mol. The van der Waals surface area contributed by atoms with Crippen LogP contribution in [0.15, 0.2) is 46.9 Å². The van der Waals surface area contributed by atoms with Crippen molar-refractivity contribution in [1.29, 1.82) is 0 Å². The minimum absolute atomic E-state index is 0.0392. The van der Waals surface area contributed by atoms with Gasteiger partial charge in [0.25, 0.3) is 0 Å². The molecule has 112 valence electrons. The molecule has 0 saturated heterocycles. The van der Waals surface area contributed by atoms with E-state index in [1.165, 1.54) is 17.2 Å². The molecule has 0 aliphatic carbocycles. The van der Waals surface area contributed by atoms with Crippen LogP contribution in [-0.2, 0) is 5.41 Å². The lowest BCUT2D eigenvalue weighted by atomic mass is 9.80. The summed E-state index contributed by atoms with van der Waals surface area (Å²) in [7, 11) is 1.93. The lowest BCUT2D eigenvalue weighted by molar-refractivity contribution is 0.566. The average Bonchev–Trinajstić information content (AvgIpc) is 2.43. The van der Waals surface area contributed by atoms with E-state index < -0.39 is 0 Å². The molecule has 0 spiro atoms. The lowest BCUT2D eigenvalue weighted by Crippen LogP contribution is -2.23. The summed E-state index contributed by atoms with van der Waals surface area (Å²) in [4.78, 5) is 0. The Morgan fingerprint density at radius 2 is 1.76 bits per heavy atom. The summed E-state index contributed by atoms with van der Waals surface area (Å²) < 4.78 is 14.0. The predicted octanol–water partition coefficient (Wildman–Crippen LogP) is 5.19. The van der Waals surface area contributed by atoms with Gasteiger partial charge in [-0.2, -0.15) is 0 Å². The fourth-order valence-electron chi connectivity index (χ4n) is 2.63. The molecular formula is C18H21BrFN. The molecule has 0 fully saturated rings. The predicted molar refractivity (Wildman–Crippen MR) is 90.1 cm³/mol. The standard InChI is InChI=1S/C18H21BrFN/c1-18(2,3)14-8-6-5-7-13(14)17(21-4)12-9-10-16(20)15(19)11-12/h5-11,17,21H,1-4H3. The molecule has 0 aliphatic heterocycles. The van der Waals surface area contributed by atoms with Crippen LogP contribution in [0.2, 0.25) is 0 Å². The second-order valence-corrected chi connectivity index (χ2v) is 7.09. The SMILES string of the molecule is CNC(c1ccc(F)c(Br)c1)c1ccccc1C(C)(C)C. The lowest BCUT2D eigenvalue weighted by Gasteiger charge is -2.28. The minimum atomic E-state index is -0.238. The van der Waals surface area contributed by atoms with Gasteiger partial charge in [0.15, 0.2) is 0 Å². The second-order valence-electron chi connectivity index (χ2n) is 6.23. The first-order valence-corrected chi connectivity index (χ1v) is 7.85. The highest BCUT2D eigenvalue weighted by Gasteiger charge is 2.23. The maximum absolute atomic E-state index is 13.5. The quantitative estimate of drug-likeness (QED) is 0.803. The van der Waals surface area contributed by atoms with Crippen LogP contribution in [0, 0.1) is 5.82 Å². The number of hydrogen-bond acceptors (Lipinski definition) is 1. The van der Waals surface area contributed by atoms with E-state index in [4.69, 9.17) is 0 Å². The van der Waals surface area contributed by atoms with E-state index in [0.29, 0.717) is 4.47 Å². The summed E-state index contributed by atoms with van der Waals surface area (Å²) in [6, 6.07) is 13.6. The maximum atomic E-state index is 13.5. The van der Waals surface area contributed by atoms with Crippen LogP contribution in [0.3, 0.4) is 0 Å².